The zero-order valence-electron chi connectivity index (χ0n) is 21.4. The van der Waals surface area contributed by atoms with Gasteiger partial charge in [0.25, 0.3) is 5.91 Å². The molecule has 1 amide bonds. The van der Waals surface area contributed by atoms with E-state index in [1.54, 1.807) is 12.4 Å². The number of benzene rings is 3. The van der Waals surface area contributed by atoms with Gasteiger partial charge < -0.3 is 10.3 Å². The molecule has 0 unspecified atom stereocenters. The number of carbonyl (C=O) groups excluding carboxylic acids is 1. The van der Waals surface area contributed by atoms with Crippen LogP contribution in [0.5, 0.6) is 0 Å². The molecule has 3 aromatic carbocycles. The molecule has 0 saturated carbocycles. The first kappa shape index (κ1) is 26.8. The SMILES string of the molecule is O=C(NCCCc1cn[nH]c1)c1ccc(S(=O)(=O)CCc2nc3ccccc3[nH]2)c(C#Cc2ccc(F)cc2)c1. The van der Waals surface area contributed by atoms with Crippen LogP contribution in [0.25, 0.3) is 11.0 Å². The number of rotatable bonds is 9. The van der Waals surface area contributed by atoms with Gasteiger partial charge in [0, 0.05) is 35.9 Å². The molecule has 0 spiro atoms. The molecule has 0 atom stereocenters. The normalized spacial score (nSPS) is 11.2. The summed E-state index contributed by atoms with van der Waals surface area (Å²) in [6.07, 6.45) is 5.20. The molecule has 3 N–H and O–H groups in total. The first-order valence-electron chi connectivity index (χ1n) is 12.7. The number of amides is 1. The van der Waals surface area contributed by atoms with Crippen LogP contribution in [0.1, 0.15) is 39.3 Å². The van der Waals surface area contributed by atoms with E-state index < -0.39 is 15.7 Å². The van der Waals surface area contributed by atoms with Gasteiger partial charge in [0.05, 0.1) is 27.9 Å². The molecule has 2 heterocycles. The van der Waals surface area contributed by atoms with Crippen LogP contribution in [0.15, 0.2) is 84.0 Å². The zero-order chi connectivity index (χ0) is 28.0. The molecule has 5 rings (SSSR count). The molecular weight excluding hydrogens is 529 g/mol. The molecule has 0 saturated heterocycles. The van der Waals surface area contributed by atoms with Crippen molar-refractivity contribution in [2.24, 2.45) is 0 Å². The van der Waals surface area contributed by atoms with Gasteiger partial charge in [0.2, 0.25) is 0 Å². The van der Waals surface area contributed by atoms with Crippen LogP contribution in [-0.2, 0) is 22.7 Å². The number of nitrogens with zero attached hydrogens (tertiary/aromatic N) is 2. The number of para-hydroxylation sites is 2. The van der Waals surface area contributed by atoms with E-state index in [4.69, 9.17) is 0 Å². The molecule has 0 bridgehead atoms. The van der Waals surface area contributed by atoms with E-state index in [-0.39, 0.29) is 28.5 Å². The summed E-state index contributed by atoms with van der Waals surface area (Å²) in [7, 11) is -3.79. The third-order valence-electron chi connectivity index (χ3n) is 6.29. The van der Waals surface area contributed by atoms with E-state index in [1.165, 1.54) is 42.5 Å². The number of sulfone groups is 1. The van der Waals surface area contributed by atoms with Crippen LogP contribution in [-0.4, -0.2) is 46.8 Å². The minimum Gasteiger partial charge on any atom is -0.352 e. The predicted molar refractivity (Wildman–Crippen MR) is 150 cm³/mol. The Morgan fingerprint density at radius 3 is 2.60 bits per heavy atom. The number of H-pyrrole nitrogens is 2. The Bertz CT molecular complexity index is 1770. The van der Waals surface area contributed by atoms with Gasteiger partial charge in [-0.2, -0.15) is 5.10 Å². The minimum absolute atomic E-state index is 0.0229. The smallest absolute Gasteiger partial charge is 0.251 e. The largest absolute Gasteiger partial charge is 0.352 e. The second-order valence-electron chi connectivity index (χ2n) is 9.20. The standard InChI is InChI=1S/C30H26FN5O3S/c31-25-12-8-21(9-13-25)7-10-23-18-24(30(37)32-16-3-4-22-19-33-34-20-22)11-14-28(23)40(38,39)17-15-29-35-26-5-1-2-6-27(26)36-29/h1-2,5-6,8-9,11-14,18-20H,3-4,15-17H2,(H,32,37)(H,33,34)(H,35,36). The van der Waals surface area contributed by atoms with Crippen molar-refractivity contribution in [2.45, 2.75) is 24.2 Å². The van der Waals surface area contributed by atoms with Gasteiger partial charge >= 0.3 is 0 Å². The number of imidazole rings is 1. The Labute approximate surface area is 231 Å². The van der Waals surface area contributed by atoms with Crippen molar-refractivity contribution in [3.63, 3.8) is 0 Å². The van der Waals surface area contributed by atoms with Crippen LogP contribution >= 0.6 is 0 Å². The number of nitrogens with one attached hydrogen (secondary N) is 3. The van der Waals surface area contributed by atoms with Crippen LogP contribution in [0.4, 0.5) is 4.39 Å². The summed E-state index contributed by atoms with van der Waals surface area (Å²) in [4.78, 5) is 20.5. The number of hydrogen-bond acceptors (Lipinski definition) is 5. The van der Waals surface area contributed by atoms with E-state index in [0.29, 0.717) is 23.5 Å². The Morgan fingerprint density at radius 2 is 1.82 bits per heavy atom. The fourth-order valence-electron chi connectivity index (χ4n) is 4.19. The van der Waals surface area contributed by atoms with Gasteiger partial charge in [-0.3, -0.25) is 9.89 Å². The van der Waals surface area contributed by atoms with Crippen LogP contribution in [0.2, 0.25) is 0 Å². The van der Waals surface area contributed by atoms with E-state index in [0.717, 1.165) is 29.4 Å². The average molecular weight is 556 g/mol. The van der Waals surface area contributed by atoms with Gasteiger partial charge in [-0.15, -0.1) is 0 Å². The van der Waals surface area contributed by atoms with Gasteiger partial charge in [-0.05, 0) is 73.0 Å². The summed E-state index contributed by atoms with van der Waals surface area (Å²) in [6, 6.07) is 17.5. The molecule has 8 nitrogen and oxygen atoms in total. The van der Waals surface area contributed by atoms with Crippen molar-refractivity contribution in [1.82, 2.24) is 25.5 Å². The molecule has 0 aliphatic carbocycles. The monoisotopic (exact) mass is 555 g/mol. The van der Waals surface area contributed by atoms with Gasteiger partial charge in [0.15, 0.2) is 9.84 Å². The maximum absolute atomic E-state index is 13.4. The van der Waals surface area contributed by atoms with Crippen LogP contribution < -0.4 is 5.32 Å². The number of carbonyl (C=O) groups is 1. The van der Waals surface area contributed by atoms with E-state index in [2.05, 4.69) is 37.3 Å². The highest BCUT2D eigenvalue weighted by molar-refractivity contribution is 7.91. The van der Waals surface area contributed by atoms with Gasteiger partial charge in [-0.1, -0.05) is 24.0 Å². The number of halogens is 1. The molecule has 2 aromatic heterocycles. The highest BCUT2D eigenvalue weighted by Crippen LogP contribution is 2.21. The third-order valence-corrected chi connectivity index (χ3v) is 8.06. The number of fused-ring (bicyclic) bond motifs is 1. The summed E-state index contributed by atoms with van der Waals surface area (Å²) in [5, 5.41) is 9.53. The molecule has 0 aliphatic rings. The molecule has 0 fully saturated rings. The highest BCUT2D eigenvalue weighted by Gasteiger charge is 2.21. The van der Waals surface area contributed by atoms with Crippen molar-refractivity contribution in [3.05, 3.63) is 113 Å². The molecule has 202 valence electrons. The Hall–Kier alpha value is -4.75. The zero-order valence-corrected chi connectivity index (χ0v) is 22.3. The fraction of sp³-hybridized carbons (Fsp3) is 0.167. The third kappa shape index (κ3) is 6.62. The van der Waals surface area contributed by atoms with Crippen molar-refractivity contribution in [3.8, 4) is 11.8 Å². The topological polar surface area (TPSA) is 121 Å². The lowest BCUT2D eigenvalue weighted by Crippen LogP contribution is -2.25. The minimum atomic E-state index is -3.79. The summed E-state index contributed by atoms with van der Waals surface area (Å²) >= 11 is 0. The molecule has 40 heavy (non-hydrogen) atoms. The molecule has 0 radical (unpaired) electrons. The van der Waals surface area contributed by atoms with Crippen LogP contribution in [0, 0.1) is 17.7 Å². The lowest BCUT2D eigenvalue weighted by molar-refractivity contribution is 0.0953. The molecule has 0 aliphatic heterocycles. The number of aromatic nitrogens is 4. The molecular formula is C30H26FN5O3S. The van der Waals surface area contributed by atoms with Crippen molar-refractivity contribution < 1.29 is 17.6 Å². The maximum atomic E-state index is 13.4. The summed E-state index contributed by atoms with van der Waals surface area (Å²) in [6.45, 7) is 0.443. The van der Waals surface area contributed by atoms with E-state index in [9.17, 15) is 17.6 Å². The highest BCUT2D eigenvalue weighted by atomic mass is 32.2. The van der Waals surface area contributed by atoms with Gasteiger partial charge in [0.1, 0.15) is 11.6 Å². The quantitative estimate of drug-likeness (QED) is 0.186. The van der Waals surface area contributed by atoms with Crippen LogP contribution in [0.3, 0.4) is 0 Å². The number of aromatic amines is 2. The number of aryl methyl sites for hydroxylation is 2. The Kier molecular flexibility index (Phi) is 8.03. The van der Waals surface area contributed by atoms with Crippen molar-refractivity contribution in [2.75, 3.05) is 12.3 Å². The predicted octanol–water partition coefficient (Wildman–Crippen LogP) is 4.20. The summed E-state index contributed by atoms with van der Waals surface area (Å²) < 4.78 is 40.2. The second-order valence-corrected chi connectivity index (χ2v) is 11.3. The average Bonchev–Trinajstić information content (AvgIpc) is 3.63. The van der Waals surface area contributed by atoms with Gasteiger partial charge in [-0.25, -0.2) is 17.8 Å². The maximum Gasteiger partial charge on any atom is 0.251 e. The van der Waals surface area contributed by atoms with Crippen molar-refractivity contribution in [1.29, 1.82) is 0 Å². The fourth-order valence-corrected chi connectivity index (χ4v) is 5.59. The summed E-state index contributed by atoms with van der Waals surface area (Å²) in [5.74, 6) is 5.42. The summed E-state index contributed by atoms with van der Waals surface area (Å²) in [5.41, 5.74) is 3.65. The molecule has 10 heteroatoms. The second kappa shape index (κ2) is 12.0. The molecule has 5 aromatic rings. The van der Waals surface area contributed by atoms with E-state index >= 15 is 0 Å². The van der Waals surface area contributed by atoms with Crippen molar-refractivity contribution >= 4 is 26.8 Å². The first-order valence-corrected chi connectivity index (χ1v) is 14.4. The van der Waals surface area contributed by atoms with E-state index in [1.807, 2.05) is 24.3 Å². The Morgan fingerprint density at radius 1 is 1.00 bits per heavy atom. The Balaban J connectivity index is 1.36. The lowest BCUT2D eigenvalue weighted by Gasteiger charge is -2.10. The lowest BCUT2D eigenvalue weighted by atomic mass is 10.1. The number of hydrogen-bond donors (Lipinski definition) is 3. The first-order chi connectivity index (χ1) is 19.4.